The summed E-state index contributed by atoms with van der Waals surface area (Å²) in [6, 6.07) is 75.4. The average molecular weight is 940 g/mol. The third-order valence-electron chi connectivity index (χ3n) is 14.8. The summed E-state index contributed by atoms with van der Waals surface area (Å²) in [5, 5.41) is 9.12. The van der Waals surface area contributed by atoms with Gasteiger partial charge in [0.05, 0.1) is 49.8 Å². The van der Waals surface area contributed by atoms with Crippen molar-refractivity contribution in [2.24, 2.45) is 0 Å². The zero-order valence-corrected chi connectivity index (χ0v) is 40.3. The van der Waals surface area contributed by atoms with E-state index in [0.717, 1.165) is 105 Å². The topological polar surface area (TPSA) is 58.3 Å². The van der Waals surface area contributed by atoms with Gasteiger partial charge in [-0.3, -0.25) is 22.5 Å². The fraction of sp³-hybridized carbons (Fsp3) is 0.0615. The lowest BCUT2D eigenvalue weighted by atomic mass is 9.88. The van der Waals surface area contributed by atoms with Crippen molar-refractivity contribution < 1.29 is 9.14 Å². The highest BCUT2D eigenvalue weighted by Crippen LogP contribution is 2.40. The molecule has 0 aliphatic carbocycles. The van der Waals surface area contributed by atoms with Crippen molar-refractivity contribution in [2.75, 3.05) is 0 Å². The van der Waals surface area contributed by atoms with Gasteiger partial charge in [0.2, 0.25) is 5.78 Å². The smallest absolute Gasteiger partial charge is 0.269 e. The van der Waals surface area contributed by atoms with E-state index in [4.69, 9.17) is 14.7 Å². The molecular weight excluding hydrogens is 895 g/mol. The minimum atomic E-state index is -0.0318. The largest absolute Gasteiger partial charge is 0.458 e. The minimum absolute atomic E-state index is 0.0318. The first kappa shape index (κ1) is 41.3. The third kappa shape index (κ3) is 6.17. The molecule has 15 rings (SSSR count). The molecule has 6 aromatic heterocycles. The van der Waals surface area contributed by atoms with Crippen LogP contribution in [0.25, 0.3) is 116 Å². The van der Waals surface area contributed by atoms with E-state index in [-0.39, 0.29) is 5.41 Å². The van der Waals surface area contributed by atoms with Gasteiger partial charge in [0, 0.05) is 28.7 Å². The van der Waals surface area contributed by atoms with Crippen molar-refractivity contribution in [1.82, 2.24) is 28.1 Å². The molecule has 0 radical (unpaired) electrons. The number of pyridine rings is 1. The molecular formula is C65H45N7O. The maximum absolute atomic E-state index is 6.89. The number of nitrogens with zero attached hydrogens (tertiary/aromatic N) is 7. The quantitative estimate of drug-likeness (QED) is 0.128. The SMILES string of the molecule is CC(C)(C)c1ccnc(-n2c3ccccc3c3ccc(Oc4cccc(-n5[c-][n+]6c7c(cccc75)c5ccccc5c5ccccc5c5ccc7c(c56)n5c6ccccc6nc5n7-c5ccccc5)c4)cc32)c1. The van der Waals surface area contributed by atoms with Gasteiger partial charge in [-0.05, 0) is 122 Å². The molecule has 0 amide bonds. The predicted molar refractivity (Wildman–Crippen MR) is 297 cm³/mol. The summed E-state index contributed by atoms with van der Waals surface area (Å²) in [6.07, 6.45) is 5.92. The molecule has 0 unspecified atom stereocenters. The highest BCUT2D eigenvalue weighted by atomic mass is 16.5. The van der Waals surface area contributed by atoms with Crippen molar-refractivity contribution in [3.05, 3.63) is 230 Å². The van der Waals surface area contributed by atoms with Crippen LogP contribution in [0.2, 0.25) is 0 Å². The van der Waals surface area contributed by atoms with E-state index in [0.29, 0.717) is 5.75 Å². The van der Waals surface area contributed by atoms with E-state index >= 15 is 0 Å². The van der Waals surface area contributed by atoms with Gasteiger partial charge in [-0.25, -0.2) is 9.97 Å². The normalized spacial score (nSPS) is 12.3. The molecule has 8 nitrogen and oxygen atoms in total. The average Bonchev–Trinajstić information content (AvgIpc) is 4.24. The maximum Gasteiger partial charge on any atom is 0.269 e. The number of benzene rings is 9. The van der Waals surface area contributed by atoms with Gasteiger partial charge < -0.3 is 4.74 Å². The molecule has 9 aromatic carbocycles. The van der Waals surface area contributed by atoms with Gasteiger partial charge in [0.25, 0.3) is 6.33 Å². The molecule has 0 bridgehead atoms. The highest BCUT2D eigenvalue weighted by Gasteiger charge is 2.24. The molecule has 0 saturated carbocycles. The summed E-state index contributed by atoms with van der Waals surface area (Å²) in [5.74, 6) is 3.16. The Balaban J connectivity index is 1.00. The summed E-state index contributed by atoms with van der Waals surface area (Å²) < 4.78 is 18.3. The second kappa shape index (κ2) is 15.5. The zero-order chi connectivity index (χ0) is 48.5. The Bertz CT molecular complexity index is 4820. The Morgan fingerprint density at radius 1 is 0.452 bits per heavy atom. The van der Waals surface area contributed by atoms with Crippen molar-refractivity contribution in [3.63, 3.8) is 0 Å². The Hall–Kier alpha value is -9.53. The number of imidazole rings is 3. The molecule has 8 heteroatoms. The molecule has 0 spiro atoms. The van der Waals surface area contributed by atoms with Crippen LogP contribution < -0.4 is 9.14 Å². The van der Waals surface area contributed by atoms with Crippen LogP contribution in [0.1, 0.15) is 26.3 Å². The van der Waals surface area contributed by atoms with E-state index in [1.807, 2.05) is 12.3 Å². The Morgan fingerprint density at radius 2 is 1.05 bits per heavy atom. The summed E-state index contributed by atoms with van der Waals surface area (Å²) in [6.45, 7) is 6.72. The lowest BCUT2D eigenvalue weighted by Gasteiger charge is -2.20. The number of hydrogen-bond donors (Lipinski definition) is 0. The zero-order valence-electron chi connectivity index (χ0n) is 40.3. The second-order valence-corrected chi connectivity index (χ2v) is 20.1. The lowest BCUT2D eigenvalue weighted by Crippen LogP contribution is -2.20. The second-order valence-electron chi connectivity index (χ2n) is 20.1. The molecule has 346 valence electrons. The third-order valence-corrected chi connectivity index (χ3v) is 14.8. The van der Waals surface area contributed by atoms with E-state index in [1.54, 1.807) is 0 Å². The van der Waals surface area contributed by atoms with Crippen LogP contribution in [0.4, 0.5) is 0 Å². The summed E-state index contributed by atoms with van der Waals surface area (Å²) in [7, 11) is 0. The molecule has 0 atom stereocenters. The first-order valence-corrected chi connectivity index (χ1v) is 24.8. The molecule has 0 aliphatic heterocycles. The lowest BCUT2D eigenvalue weighted by molar-refractivity contribution is -0.484. The summed E-state index contributed by atoms with van der Waals surface area (Å²) >= 11 is 0. The number of hydrogen-bond acceptors (Lipinski definition) is 3. The van der Waals surface area contributed by atoms with Crippen molar-refractivity contribution >= 4 is 98.5 Å². The molecule has 15 aromatic rings. The first-order valence-electron chi connectivity index (χ1n) is 24.8. The van der Waals surface area contributed by atoms with E-state index in [1.165, 1.54) is 21.7 Å². The first-order chi connectivity index (χ1) is 35.9. The van der Waals surface area contributed by atoms with Gasteiger partial charge in [-0.15, -0.1) is 0 Å². The molecule has 0 aliphatic rings. The monoisotopic (exact) mass is 939 g/mol. The number of rotatable bonds is 5. The fourth-order valence-electron chi connectivity index (χ4n) is 11.5. The van der Waals surface area contributed by atoms with Crippen LogP contribution in [0.3, 0.4) is 0 Å². The van der Waals surface area contributed by atoms with Gasteiger partial charge >= 0.3 is 0 Å². The Labute approximate surface area is 419 Å². The number of ether oxygens (including phenoxy) is 1. The Kier molecular flexibility index (Phi) is 8.75. The van der Waals surface area contributed by atoms with E-state index < -0.39 is 0 Å². The number of para-hydroxylation sites is 5. The summed E-state index contributed by atoms with van der Waals surface area (Å²) in [4.78, 5) is 10.3. The molecule has 0 N–H and O–H groups in total. The molecule has 0 fully saturated rings. The van der Waals surface area contributed by atoms with Crippen LogP contribution >= 0.6 is 0 Å². The van der Waals surface area contributed by atoms with Gasteiger partial charge in [0.15, 0.2) is 0 Å². The van der Waals surface area contributed by atoms with Crippen LogP contribution in [0, 0.1) is 6.33 Å². The summed E-state index contributed by atoms with van der Waals surface area (Å²) in [5.41, 5.74) is 12.4. The van der Waals surface area contributed by atoms with Crippen molar-refractivity contribution in [2.45, 2.75) is 26.2 Å². The predicted octanol–water partition coefficient (Wildman–Crippen LogP) is 15.5. The van der Waals surface area contributed by atoms with E-state index in [9.17, 15) is 0 Å². The van der Waals surface area contributed by atoms with Crippen molar-refractivity contribution in [3.8, 4) is 28.7 Å². The van der Waals surface area contributed by atoms with Gasteiger partial charge in [0.1, 0.15) is 22.8 Å². The molecule has 0 saturated heterocycles. The van der Waals surface area contributed by atoms with Crippen LogP contribution in [-0.2, 0) is 5.41 Å². The molecule has 6 heterocycles. The minimum Gasteiger partial charge on any atom is -0.458 e. The van der Waals surface area contributed by atoms with E-state index in [2.05, 4.69) is 256 Å². The molecule has 73 heavy (non-hydrogen) atoms. The Morgan fingerprint density at radius 3 is 1.84 bits per heavy atom. The number of fused-ring (bicyclic) bond motifs is 16. The van der Waals surface area contributed by atoms with Crippen LogP contribution in [0.15, 0.2) is 219 Å². The van der Waals surface area contributed by atoms with Gasteiger partial charge in [-0.1, -0.05) is 148 Å². The maximum atomic E-state index is 6.89. The highest BCUT2D eigenvalue weighted by molar-refractivity contribution is 6.22. The van der Waals surface area contributed by atoms with Crippen LogP contribution in [-0.4, -0.2) is 28.1 Å². The standard InChI is InChI=1S/C65H45N7O/c1-65(2,3)41-35-36-66-60(37-41)71-55-28-13-11-25-50(55)51-32-31-45(39-59(51)71)73-44-20-15-19-43(38-44)68-40-69-61-52(26-16-30-57(61)68)48-23-9-7-21-46(48)47-22-8-10-24-49(47)53-33-34-58-63(62(53)69)72-56-29-14-12-27-54(56)67-64(72)70(58)42-17-5-4-6-18-42/h4-39H,1-3H3. The van der Waals surface area contributed by atoms with Gasteiger partial charge in [-0.2, -0.15) is 0 Å². The fourth-order valence-corrected chi connectivity index (χ4v) is 11.5. The number of aromatic nitrogens is 7. The van der Waals surface area contributed by atoms with Crippen LogP contribution in [0.5, 0.6) is 11.5 Å². The van der Waals surface area contributed by atoms with Crippen molar-refractivity contribution in [1.29, 1.82) is 0 Å².